The molecule has 0 N–H and O–H groups in total. The third-order valence-electron chi connectivity index (χ3n) is 3.69. The van der Waals surface area contributed by atoms with Gasteiger partial charge in [-0.2, -0.15) is 5.10 Å². The van der Waals surface area contributed by atoms with Crippen molar-refractivity contribution < 1.29 is 4.79 Å². The molecule has 0 bridgehead atoms. The van der Waals surface area contributed by atoms with Gasteiger partial charge in [0.15, 0.2) is 0 Å². The average molecular weight is 219 g/mol. The number of carbonyl (C=O) groups is 1. The van der Waals surface area contributed by atoms with E-state index in [0.29, 0.717) is 11.8 Å². The van der Waals surface area contributed by atoms with Crippen LogP contribution in [-0.4, -0.2) is 27.1 Å². The molecule has 1 fully saturated rings. The fourth-order valence-electron chi connectivity index (χ4n) is 2.56. The summed E-state index contributed by atoms with van der Waals surface area (Å²) in [6, 6.07) is 0. The molecule has 1 aliphatic carbocycles. The number of aromatic nitrogens is 2. The molecule has 1 amide bonds. The number of aryl methyl sites for hydroxylation is 2. The zero-order valence-electron chi connectivity index (χ0n) is 9.86. The highest BCUT2D eigenvalue weighted by Crippen LogP contribution is 2.33. The van der Waals surface area contributed by atoms with Gasteiger partial charge < -0.3 is 4.90 Å². The maximum Gasteiger partial charge on any atom is 0.226 e. The van der Waals surface area contributed by atoms with Crippen molar-refractivity contribution >= 4 is 5.91 Å². The van der Waals surface area contributed by atoms with Crippen molar-refractivity contribution in [2.75, 3.05) is 6.54 Å². The SMILES string of the molecule is Cc1nn(C)c2c1CCN(C(=O)C1CC1)C2. The van der Waals surface area contributed by atoms with E-state index < -0.39 is 0 Å². The molecule has 1 aromatic rings. The highest BCUT2D eigenvalue weighted by molar-refractivity contribution is 5.81. The summed E-state index contributed by atoms with van der Waals surface area (Å²) in [4.78, 5) is 14.0. The zero-order valence-corrected chi connectivity index (χ0v) is 9.86. The lowest BCUT2D eigenvalue weighted by Crippen LogP contribution is -2.37. The minimum absolute atomic E-state index is 0.330. The Morgan fingerprint density at radius 1 is 1.44 bits per heavy atom. The number of nitrogens with zero attached hydrogens (tertiary/aromatic N) is 3. The van der Waals surface area contributed by atoms with Crippen molar-refractivity contribution in [1.29, 1.82) is 0 Å². The minimum atomic E-state index is 0.330. The van der Waals surface area contributed by atoms with Gasteiger partial charge in [-0.1, -0.05) is 0 Å². The van der Waals surface area contributed by atoms with E-state index in [1.165, 1.54) is 11.3 Å². The third kappa shape index (κ3) is 1.44. The van der Waals surface area contributed by atoms with E-state index in [0.717, 1.165) is 38.0 Å². The van der Waals surface area contributed by atoms with E-state index in [1.807, 2.05) is 16.6 Å². The molecule has 1 aliphatic heterocycles. The molecular formula is C12H17N3O. The van der Waals surface area contributed by atoms with Crippen molar-refractivity contribution in [3.05, 3.63) is 17.0 Å². The Balaban J connectivity index is 1.85. The Labute approximate surface area is 95.2 Å². The maximum absolute atomic E-state index is 12.0. The van der Waals surface area contributed by atoms with Crippen LogP contribution < -0.4 is 0 Å². The van der Waals surface area contributed by atoms with Gasteiger partial charge in [-0.05, 0) is 31.7 Å². The second-order valence-electron chi connectivity index (χ2n) is 4.92. The summed E-state index contributed by atoms with van der Waals surface area (Å²) in [5.41, 5.74) is 3.69. The molecule has 0 aromatic carbocycles. The summed E-state index contributed by atoms with van der Waals surface area (Å²) < 4.78 is 1.93. The molecule has 1 aromatic heterocycles. The molecule has 0 spiro atoms. The smallest absolute Gasteiger partial charge is 0.226 e. The highest BCUT2D eigenvalue weighted by Gasteiger charge is 2.35. The molecule has 1 saturated carbocycles. The van der Waals surface area contributed by atoms with Gasteiger partial charge in [-0.25, -0.2) is 0 Å². The first-order valence-electron chi connectivity index (χ1n) is 5.97. The Bertz CT molecular complexity index is 445. The molecule has 0 radical (unpaired) electrons. The second-order valence-corrected chi connectivity index (χ2v) is 4.92. The fourth-order valence-corrected chi connectivity index (χ4v) is 2.56. The van der Waals surface area contributed by atoms with E-state index >= 15 is 0 Å². The summed E-state index contributed by atoms with van der Waals surface area (Å²) in [7, 11) is 1.97. The van der Waals surface area contributed by atoms with Crippen LogP contribution in [0.25, 0.3) is 0 Å². The Hall–Kier alpha value is -1.32. The Morgan fingerprint density at radius 2 is 2.19 bits per heavy atom. The average Bonchev–Trinajstić information content (AvgIpc) is 3.07. The zero-order chi connectivity index (χ0) is 11.3. The summed E-state index contributed by atoms with van der Waals surface area (Å²) in [6.07, 6.45) is 3.15. The predicted molar refractivity (Wildman–Crippen MR) is 59.8 cm³/mol. The first kappa shape index (κ1) is 9.87. The van der Waals surface area contributed by atoms with Gasteiger partial charge in [0.2, 0.25) is 5.91 Å². The molecule has 86 valence electrons. The van der Waals surface area contributed by atoms with Crippen LogP contribution in [0.15, 0.2) is 0 Å². The summed E-state index contributed by atoms with van der Waals surface area (Å²) in [5.74, 6) is 0.681. The first-order valence-corrected chi connectivity index (χ1v) is 5.97. The number of hydrogen-bond donors (Lipinski definition) is 0. The second kappa shape index (κ2) is 3.34. The summed E-state index contributed by atoms with van der Waals surface area (Å²) in [6.45, 7) is 3.67. The Kier molecular flexibility index (Phi) is 2.06. The Morgan fingerprint density at radius 3 is 2.88 bits per heavy atom. The normalized spacial score (nSPS) is 19.8. The topological polar surface area (TPSA) is 38.1 Å². The predicted octanol–water partition coefficient (Wildman–Crippen LogP) is 1.02. The number of rotatable bonds is 1. The van der Waals surface area contributed by atoms with Crippen LogP contribution >= 0.6 is 0 Å². The molecule has 16 heavy (non-hydrogen) atoms. The molecule has 0 unspecified atom stereocenters. The van der Waals surface area contributed by atoms with Crippen LogP contribution in [-0.2, 0) is 24.8 Å². The van der Waals surface area contributed by atoms with Gasteiger partial charge in [0.25, 0.3) is 0 Å². The molecule has 4 nitrogen and oxygen atoms in total. The van der Waals surface area contributed by atoms with E-state index in [9.17, 15) is 4.79 Å². The van der Waals surface area contributed by atoms with Crippen LogP contribution in [0.3, 0.4) is 0 Å². The first-order chi connectivity index (χ1) is 7.66. The van der Waals surface area contributed by atoms with Gasteiger partial charge in [0.05, 0.1) is 17.9 Å². The number of hydrogen-bond acceptors (Lipinski definition) is 2. The highest BCUT2D eigenvalue weighted by atomic mass is 16.2. The number of amides is 1. The van der Waals surface area contributed by atoms with Crippen molar-refractivity contribution in [2.24, 2.45) is 13.0 Å². The van der Waals surface area contributed by atoms with Crippen LogP contribution in [0.1, 0.15) is 29.8 Å². The molecule has 0 atom stereocenters. The minimum Gasteiger partial charge on any atom is -0.336 e. The largest absolute Gasteiger partial charge is 0.336 e. The fraction of sp³-hybridized carbons (Fsp3) is 0.667. The van der Waals surface area contributed by atoms with Gasteiger partial charge >= 0.3 is 0 Å². The van der Waals surface area contributed by atoms with Crippen LogP contribution in [0, 0.1) is 12.8 Å². The lowest BCUT2D eigenvalue weighted by molar-refractivity contribution is -0.133. The van der Waals surface area contributed by atoms with E-state index in [2.05, 4.69) is 12.0 Å². The molecule has 0 saturated heterocycles. The van der Waals surface area contributed by atoms with Gasteiger partial charge in [0, 0.05) is 19.5 Å². The van der Waals surface area contributed by atoms with Crippen molar-refractivity contribution in [3.63, 3.8) is 0 Å². The molecule has 2 aliphatic rings. The lowest BCUT2D eigenvalue weighted by Gasteiger charge is -2.27. The monoisotopic (exact) mass is 219 g/mol. The van der Waals surface area contributed by atoms with E-state index in [-0.39, 0.29) is 0 Å². The third-order valence-corrected chi connectivity index (χ3v) is 3.69. The van der Waals surface area contributed by atoms with E-state index in [1.54, 1.807) is 0 Å². The molecule has 3 rings (SSSR count). The van der Waals surface area contributed by atoms with Gasteiger partial charge in [0.1, 0.15) is 0 Å². The number of carbonyl (C=O) groups excluding carboxylic acids is 1. The summed E-state index contributed by atoms with van der Waals surface area (Å²) >= 11 is 0. The van der Waals surface area contributed by atoms with Crippen LogP contribution in [0.5, 0.6) is 0 Å². The van der Waals surface area contributed by atoms with Crippen molar-refractivity contribution in [3.8, 4) is 0 Å². The quantitative estimate of drug-likeness (QED) is 0.707. The molecule has 2 heterocycles. The van der Waals surface area contributed by atoms with Crippen LogP contribution in [0.2, 0.25) is 0 Å². The molecular weight excluding hydrogens is 202 g/mol. The van der Waals surface area contributed by atoms with Gasteiger partial charge in [-0.3, -0.25) is 9.48 Å². The summed E-state index contributed by atoms with van der Waals surface area (Å²) in [5, 5.41) is 4.43. The standard InChI is InChI=1S/C12H17N3O/c1-8-10-5-6-15(12(16)9-3-4-9)7-11(10)14(2)13-8/h9H,3-7H2,1-2H3. The van der Waals surface area contributed by atoms with Crippen LogP contribution in [0.4, 0.5) is 0 Å². The van der Waals surface area contributed by atoms with Gasteiger partial charge in [-0.15, -0.1) is 0 Å². The van der Waals surface area contributed by atoms with Crippen molar-refractivity contribution in [1.82, 2.24) is 14.7 Å². The lowest BCUT2D eigenvalue weighted by atomic mass is 10.0. The van der Waals surface area contributed by atoms with Crippen molar-refractivity contribution in [2.45, 2.75) is 32.7 Å². The maximum atomic E-state index is 12.0. The van der Waals surface area contributed by atoms with E-state index in [4.69, 9.17) is 0 Å². The number of fused-ring (bicyclic) bond motifs is 1. The molecule has 4 heteroatoms.